The summed E-state index contributed by atoms with van der Waals surface area (Å²) in [6, 6.07) is 5.66. The van der Waals surface area contributed by atoms with Crippen LogP contribution in [0.5, 0.6) is 5.75 Å². The Morgan fingerprint density at radius 2 is 2.05 bits per heavy atom. The highest BCUT2D eigenvalue weighted by atomic mass is 79.9. The van der Waals surface area contributed by atoms with Gasteiger partial charge in [0.25, 0.3) is 0 Å². The zero-order valence-electron chi connectivity index (χ0n) is 11.3. The molecule has 0 aromatic heterocycles. The summed E-state index contributed by atoms with van der Waals surface area (Å²) in [4.78, 5) is 0. The van der Waals surface area contributed by atoms with Gasteiger partial charge in [-0.1, -0.05) is 13.0 Å². The van der Waals surface area contributed by atoms with Crippen molar-refractivity contribution in [3.8, 4) is 5.75 Å². The van der Waals surface area contributed by atoms with Gasteiger partial charge < -0.3 is 10.5 Å². The third-order valence-electron chi connectivity index (χ3n) is 2.88. The molecule has 2 nitrogen and oxygen atoms in total. The molecule has 0 radical (unpaired) electrons. The van der Waals surface area contributed by atoms with Crippen LogP contribution in [0.15, 0.2) is 22.7 Å². The molecule has 0 saturated heterocycles. The van der Waals surface area contributed by atoms with Gasteiger partial charge in [0, 0.05) is 12.5 Å². The topological polar surface area (TPSA) is 35.2 Å². The van der Waals surface area contributed by atoms with Gasteiger partial charge in [-0.2, -0.15) is 13.2 Å². The monoisotopic (exact) mass is 353 g/mol. The maximum atomic E-state index is 12.0. The smallest absolute Gasteiger partial charge is 0.389 e. The molecule has 1 unspecified atom stereocenters. The zero-order chi connectivity index (χ0) is 15.2. The second-order valence-electron chi connectivity index (χ2n) is 4.70. The lowest BCUT2D eigenvalue weighted by Gasteiger charge is -2.12. The van der Waals surface area contributed by atoms with Crippen molar-refractivity contribution in [3.05, 3.63) is 28.2 Å². The van der Waals surface area contributed by atoms with Crippen LogP contribution in [0.25, 0.3) is 0 Å². The van der Waals surface area contributed by atoms with Crippen LogP contribution in [-0.4, -0.2) is 18.8 Å². The van der Waals surface area contributed by atoms with Gasteiger partial charge in [-0.05, 0) is 52.9 Å². The van der Waals surface area contributed by atoms with Crippen LogP contribution >= 0.6 is 15.9 Å². The van der Waals surface area contributed by atoms with E-state index in [9.17, 15) is 13.2 Å². The normalized spacial score (nSPS) is 13.3. The highest BCUT2D eigenvalue weighted by Crippen LogP contribution is 2.27. The summed E-state index contributed by atoms with van der Waals surface area (Å²) >= 11 is 3.36. The van der Waals surface area contributed by atoms with Crippen molar-refractivity contribution in [1.82, 2.24) is 0 Å². The quantitative estimate of drug-likeness (QED) is 0.735. The van der Waals surface area contributed by atoms with Gasteiger partial charge in [0.1, 0.15) is 5.75 Å². The lowest BCUT2D eigenvalue weighted by atomic mass is 10.0. The fraction of sp³-hybridized carbons (Fsp3) is 0.571. The molecule has 114 valence electrons. The first-order chi connectivity index (χ1) is 9.31. The Morgan fingerprint density at radius 1 is 1.35 bits per heavy atom. The van der Waals surface area contributed by atoms with E-state index in [4.69, 9.17) is 10.5 Å². The average molecular weight is 354 g/mol. The minimum atomic E-state index is -4.12. The number of benzene rings is 1. The van der Waals surface area contributed by atoms with Gasteiger partial charge in [0.15, 0.2) is 0 Å². The number of nitrogens with two attached hydrogens (primary N) is 1. The minimum Gasteiger partial charge on any atom is -0.492 e. The van der Waals surface area contributed by atoms with Crippen LogP contribution in [-0.2, 0) is 6.42 Å². The molecule has 0 aliphatic heterocycles. The molecule has 1 aromatic carbocycles. The van der Waals surface area contributed by atoms with Crippen LogP contribution in [0.2, 0.25) is 0 Å². The van der Waals surface area contributed by atoms with E-state index in [1.807, 2.05) is 19.1 Å². The van der Waals surface area contributed by atoms with Crippen LogP contribution in [0.3, 0.4) is 0 Å². The number of hydrogen-bond donors (Lipinski definition) is 1. The zero-order valence-corrected chi connectivity index (χ0v) is 12.9. The van der Waals surface area contributed by atoms with E-state index in [2.05, 4.69) is 15.9 Å². The van der Waals surface area contributed by atoms with Gasteiger partial charge in [-0.15, -0.1) is 0 Å². The van der Waals surface area contributed by atoms with Gasteiger partial charge in [-0.3, -0.25) is 0 Å². The Bertz CT molecular complexity index is 423. The van der Waals surface area contributed by atoms with Crippen LogP contribution < -0.4 is 10.5 Å². The summed E-state index contributed by atoms with van der Waals surface area (Å²) < 4.78 is 42.1. The van der Waals surface area contributed by atoms with E-state index in [0.717, 1.165) is 22.9 Å². The van der Waals surface area contributed by atoms with Gasteiger partial charge in [0.05, 0.1) is 11.1 Å². The predicted molar refractivity (Wildman–Crippen MR) is 76.9 cm³/mol. The van der Waals surface area contributed by atoms with Crippen LogP contribution in [0, 0.1) is 0 Å². The van der Waals surface area contributed by atoms with Gasteiger partial charge in [-0.25, -0.2) is 0 Å². The SMILES string of the molecule is CCC(N)Cc1ccc(OCCCC(F)(F)F)c(Br)c1. The second-order valence-corrected chi connectivity index (χ2v) is 5.56. The first-order valence-electron chi connectivity index (χ1n) is 6.55. The van der Waals surface area contributed by atoms with E-state index in [0.29, 0.717) is 5.75 Å². The summed E-state index contributed by atoms with van der Waals surface area (Å²) in [5.41, 5.74) is 6.96. The molecule has 0 aliphatic rings. The first kappa shape index (κ1) is 17.3. The number of hydrogen-bond acceptors (Lipinski definition) is 2. The molecular weight excluding hydrogens is 335 g/mol. The Morgan fingerprint density at radius 3 is 2.60 bits per heavy atom. The lowest BCUT2D eigenvalue weighted by Crippen LogP contribution is -2.21. The predicted octanol–water partition coefficient (Wildman–Crippen LogP) is 4.45. The van der Waals surface area contributed by atoms with E-state index >= 15 is 0 Å². The van der Waals surface area contributed by atoms with Gasteiger partial charge >= 0.3 is 6.18 Å². The van der Waals surface area contributed by atoms with Gasteiger partial charge in [0.2, 0.25) is 0 Å². The van der Waals surface area contributed by atoms with Crippen molar-refractivity contribution < 1.29 is 17.9 Å². The summed E-state index contributed by atoms with van der Waals surface area (Å²) in [5, 5.41) is 0. The molecule has 0 aliphatic carbocycles. The molecule has 0 heterocycles. The maximum absolute atomic E-state index is 12.0. The highest BCUT2D eigenvalue weighted by molar-refractivity contribution is 9.10. The van der Waals surface area contributed by atoms with E-state index in [1.54, 1.807) is 6.07 Å². The van der Waals surface area contributed by atoms with Crippen molar-refractivity contribution in [2.75, 3.05) is 6.61 Å². The third-order valence-corrected chi connectivity index (χ3v) is 3.50. The molecular formula is C14H19BrF3NO. The standard InChI is InChI=1S/C14H19BrF3NO/c1-2-11(19)8-10-4-5-13(12(15)9-10)20-7-3-6-14(16,17)18/h4-5,9,11H,2-3,6-8,19H2,1H3. The van der Waals surface area contributed by atoms with Crippen molar-refractivity contribution in [2.24, 2.45) is 5.73 Å². The minimum absolute atomic E-state index is 0.0433. The summed E-state index contributed by atoms with van der Waals surface area (Å²) in [5.74, 6) is 0.556. The molecule has 1 rings (SSSR count). The average Bonchev–Trinajstić information content (AvgIpc) is 2.35. The molecule has 1 aromatic rings. The van der Waals surface area contributed by atoms with Crippen molar-refractivity contribution in [3.63, 3.8) is 0 Å². The summed E-state index contributed by atoms with van der Waals surface area (Å²) in [7, 11) is 0. The van der Waals surface area contributed by atoms with E-state index < -0.39 is 12.6 Å². The van der Waals surface area contributed by atoms with Crippen molar-refractivity contribution in [2.45, 2.75) is 44.8 Å². The molecule has 20 heavy (non-hydrogen) atoms. The Kier molecular flexibility index (Phi) is 6.82. The van der Waals surface area contributed by atoms with E-state index in [-0.39, 0.29) is 19.1 Å². The van der Waals surface area contributed by atoms with E-state index in [1.165, 1.54) is 0 Å². The van der Waals surface area contributed by atoms with Crippen LogP contribution in [0.1, 0.15) is 31.7 Å². The molecule has 0 saturated carbocycles. The maximum Gasteiger partial charge on any atom is 0.389 e. The van der Waals surface area contributed by atoms with Crippen molar-refractivity contribution >= 4 is 15.9 Å². The fourth-order valence-corrected chi connectivity index (χ4v) is 2.23. The number of ether oxygens (including phenoxy) is 1. The summed E-state index contributed by atoms with van der Waals surface area (Å²) in [6.07, 6.45) is -3.33. The third kappa shape index (κ3) is 6.61. The molecule has 0 spiro atoms. The largest absolute Gasteiger partial charge is 0.492 e. The Labute approximate surface area is 125 Å². The number of rotatable bonds is 7. The molecule has 2 N–H and O–H groups in total. The first-order valence-corrected chi connectivity index (χ1v) is 7.34. The molecule has 0 fully saturated rings. The fourth-order valence-electron chi connectivity index (χ4n) is 1.69. The van der Waals surface area contributed by atoms with Crippen LogP contribution in [0.4, 0.5) is 13.2 Å². The molecule has 0 amide bonds. The number of alkyl halides is 3. The Balaban J connectivity index is 2.47. The molecule has 0 bridgehead atoms. The Hall–Kier alpha value is -0.750. The molecule has 1 atom stereocenters. The lowest BCUT2D eigenvalue weighted by molar-refractivity contribution is -0.136. The highest BCUT2D eigenvalue weighted by Gasteiger charge is 2.26. The number of halogens is 4. The summed E-state index contributed by atoms with van der Waals surface area (Å²) in [6.45, 7) is 2.07. The second kappa shape index (κ2) is 7.88. The van der Waals surface area contributed by atoms with Crippen molar-refractivity contribution in [1.29, 1.82) is 0 Å². The molecule has 6 heteroatoms.